The van der Waals surface area contributed by atoms with Crippen LogP contribution >= 0.6 is 0 Å². The predicted molar refractivity (Wildman–Crippen MR) is 71.1 cm³/mol. The summed E-state index contributed by atoms with van der Waals surface area (Å²) < 4.78 is 0. The van der Waals surface area contributed by atoms with Gasteiger partial charge in [0, 0.05) is 19.4 Å². The van der Waals surface area contributed by atoms with Gasteiger partial charge in [-0.3, -0.25) is 9.59 Å². The van der Waals surface area contributed by atoms with Crippen molar-refractivity contribution in [1.82, 2.24) is 5.32 Å². The minimum absolute atomic E-state index is 0.0388. The molecule has 0 bridgehead atoms. The molecule has 2 amide bonds. The van der Waals surface area contributed by atoms with Crippen LogP contribution in [-0.2, 0) is 9.59 Å². The molecule has 0 saturated carbocycles. The molecule has 8 nitrogen and oxygen atoms in total. The van der Waals surface area contributed by atoms with Crippen LogP contribution in [0.4, 0.5) is 0 Å². The van der Waals surface area contributed by atoms with Crippen molar-refractivity contribution in [2.24, 2.45) is 4.99 Å². The highest BCUT2D eigenvalue weighted by Gasteiger charge is 2.23. The molecule has 0 saturated heterocycles. The Morgan fingerprint density at radius 2 is 1.80 bits per heavy atom. The molecule has 0 aliphatic rings. The second-order valence-corrected chi connectivity index (χ2v) is 4.35. The Morgan fingerprint density at radius 1 is 1.15 bits per heavy atom. The quantitative estimate of drug-likeness (QED) is 0.294. The molecule has 0 heterocycles. The minimum atomic E-state index is -1.46. The third kappa shape index (κ3) is 7.95. The number of nitrogens with one attached hydrogen (secondary N) is 1. The van der Waals surface area contributed by atoms with E-state index in [0.717, 1.165) is 0 Å². The Morgan fingerprint density at radius 3 is 2.35 bits per heavy atom. The second kappa shape index (κ2) is 10.4. The Hall–Kier alpha value is -1.35. The van der Waals surface area contributed by atoms with Gasteiger partial charge in [0.05, 0.1) is 12.7 Å². The van der Waals surface area contributed by atoms with E-state index in [1.807, 2.05) is 0 Å². The van der Waals surface area contributed by atoms with Gasteiger partial charge in [-0.15, -0.1) is 0 Å². The molecule has 0 fully saturated rings. The second-order valence-electron chi connectivity index (χ2n) is 4.35. The van der Waals surface area contributed by atoms with E-state index in [2.05, 4.69) is 17.0 Å². The molecule has 0 rings (SSSR count). The van der Waals surface area contributed by atoms with E-state index >= 15 is 0 Å². The predicted octanol–water partition coefficient (Wildman–Crippen LogP) is -2.03. The lowest BCUT2D eigenvalue weighted by atomic mass is 10.1. The lowest BCUT2D eigenvalue weighted by Gasteiger charge is -2.21. The van der Waals surface area contributed by atoms with Gasteiger partial charge in [-0.2, -0.15) is 0 Å². The Kier molecular flexibility index (Phi) is 9.73. The number of hydrogen-bond acceptors (Lipinski definition) is 6. The van der Waals surface area contributed by atoms with Crippen molar-refractivity contribution >= 4 is 18.5 Å². The van der Waals surface area contributed by atoms with Gasteiger partial charge in [0.15, 0.2) is 0 Å². The smallest absolute Gasteiger partial charge is 0.245 e. The Labute approximate surface area is 117 Å². The first-order valence-corrected chi connectivity index (χ1v) is 6.33. The molecule has 3 atom stereocenters. The molecule has 0 aliphatic heterocycles. The summed E-state index contributed by atoms with van der Waals surface area (Å²) in [5.41, 5.74) is 0. The van der Waals surface area contributed by atoms with Crippen LogP contribution < -0.4 is 5.32 Å². The van der Waals surface area contributed by atoms with Crippen molar-refractivity contribution < 1.29 is 30.0 Å². The normalized spacial score (nSPS) is 15.2. The summed E-state index contributed by atoms with van der Waals surface area (Å²) in [4.78, 5) is 25.3. The molecule has 0 aromatic rings. The molecule has 0 spiro atoms. The van der Waals surface area contributed by atoms with Crippen LogP contribution in [0.5, 0.6) is 0 Å². The average Bonchev–Trinajstić information content (AvgIpc) is 2.45. The molecule has 8 heteroatoms. The average molecular weight is 290 g/mol. The van der Waals surface area contributed by atoms with Gasteiger partial charge in [-0.1, -0.05) is 0 Å². The zero-order valence-corrected chi connectivity index (χ0v) is 11.2. The number of hydrogen-bond donors (Lipinski definition) is 5. The van der Waals surface area contributed by atoms with Crippen LogP contribution in [0.3, 0.4) is 0 Å². The van der Waals surface area contributed by atoms with Crippen molar-refractivity contribution in [2.45, 2.75) is 44.0 Å². The summed E-state index contributed by atoms with van der Waals surface area (Å²) in [5, 5.41) is 39.0. The van der Waals surface area contributed by atoms with E-state index in [4.69, 9.17) is 10.2 Å². The van der Waals surface area contributed by atoms with Gasteiger partial charge >= 0.3 is 0 Å². The van der Waals surface area contributed by atoms with Crippen LogP contribution in [0.1, 0.15) is 25.7 Å². The summed E-state index contributed by atoms with van der Waals surface area (Å²) in [6.07, 6.45) is -3.43. The zero-order chi connectivity index (χ0) is 15.5. The lowest BCUT2D eigenvalue weighted by molar-refractivity contribution is -0.121. The fraction of sp³-hybridized carbons (Fsp3) is 0.750. The third-order valence-corrected chi connectivity index (χ3v) is 2.71. The monoisotopic (exact) mass is 290 g/mol. The summed E-state index contributed by atoms with van der Waals surface area (Å²) in [6.45, 7) is 2.53. The van der Waals surface area contributed by atoms with E-state index in [9.17, 15) is 19.8 Å². The van der Waals surface area contributed by atoms with Gasteiger partial charge in [-0.05, 0) is 19.6 Å². The number of carbonyl (C=O) groups excluding carboxylic acids is 2. The maximum Gasteiger partial charge on any atom is 0.245 e. The largest absolute Gasteiger partial charge is 0.394 e. The van der Waals surface area contributed by atoms with Crippen molar-refractivity contribution in [1.29, 1.82) is 0 Å². The highest BCUT2D eigenvalue weighted by Crippen LogP contribution is 2.03. The molecule has 20 heavy (non-hydrogen) atoms. The molecule has 0 radical (unpaired) electrons. The lowest BCUT2D eigenvalue weighted by Crippen LogP contribution is -2.41. The number of aliphatic hydroxyl groups excluding tert-OH is 4. The number of rotatable bonds is 10. The van der Waals surface area contributed by atoms with E-state index in [1.165, 1.54) is 0 Å². The van der Waals surface area contributed by atoms with Gasteiger partial charge in [0.2, 0.25) is 11.8 Å². The van der Waals surface area contributed by atoms with Crippen LogP contribution in [0, 0.1) is 0 Å². The standard InChI is InChI=1S/C12H22N2O6/c1-13-10(18)3-2-4-11(19)14-6-5-8(16)12(20)9(17)7-15/h8-9,12,15-17,20H,1-7H2,(H,14,19)/t8-,9-,12+/m1/s1. The highest BCUT2D eigenvalue weighted by molar-refractivity contribution is 5.81. The molecule has 0 aliphatic carbocycles. The van der Waals surface area contributed by atoms with Gasteiger partial charge < -0.3 is 25.7 Å². The minimum Gasteiger partial charge on any atom is -0.394 e. The Balaban J connectivity index is 3.75. The van der Waals surface area contributed by atoms with Crippen molar-refractivity contribution in [2.75, 3.05) is 13.2 Å². The molecule has 5 N–H and O–H groups in total. The maximum atomic E-state index is 11.4. The SMILES string of the molecule is C=NC(=O)CCCC(=O)NCC[C@@H](O)[C@H](O)[C@H](O)CO. The number of aliphatic hydroxyl groups is 4. The molecule has 0 aromatic heterocycles. The number of amides is 2. The Bertz CT molecular complexity index is 323. The van der Waals surface area contributed by atoms with Crippen LogP contribution in [0.2, 0.25) is 0 Å². The fourth-order valence-electron chi connectivity index (χ4n) is 1.46. The van der Waals surface area contributed by atoms with Crippen molar-refractivity contribution in [3.63, 3.8) is 0 Å². The maximum absolute atomic E-state index is 11.4. The number of carbonyl (C=O) groups is 2. The first-order chi connectivity index (χ1) is 9.42. The molecular formula is C12H22N2O6. The number of nitrogens with zero attached hydrogens (tertiary/aromatic N) is 1. The van der Waals surface area contributed by atoms with Crippen LogP contribution in [-0.4, -0.2) is 70.4 Å². The van der Waals surface area contributed by atoms with E-state index in [1.54, 1.807) is 0 Å². The van der Waals surface area contributed by atoms with E-state index < -0.39 is 24.9 Å². The molecular weight excluding hydrogens is 268 g/mol. The summed E-state index contributed by atoms with van der Waals surface area (Å²) in [6, 6.07) is 0. The first kappa shape index (κ1) is 18.7. The molecule has 0 aromatic carbocycles. The van der Waals surface area contributed by atoms with Crippen LogP contribution in [0.25, 0.3) is 0 Å². The van der Waals surface area contributed by atoms with E-state index in [0.29, 0.717) is 6.42 Å². The summed E-state index contributed by atoms with van der Waals surface area (Å²) >= 11 is 0. The summed E-state index contributed by atoms with van der Waals surface area (Å²) in [5.74, 6) is -0.652. The van der Waals surface area contributed by atoms with Gasteiger partial charge in [0.25, 0.3) is 0 Å². The molecule has 0 unspecified atom stereocenters. The highest BCUT2D eigenvalue weighted by atomic mass is 16.4. The van der Waals surface area contributed by atoms with Gasteiger partial charge in [0.1, 0.15) is 12.2 Å². The topological polar surface area (TPSA) is 139 Å². The fourth-order valence-corrected chi connectivity index (χ4v) is 1.46. The third-order valence-electron chi connectivity index (χ3n) is 2.71. The van der Waals surface area contributed by atoms with Crippen molar-refractivity contribution in [3.05, 3.63) is 0 Å². The number of aliphatic imine (C=N–C) groups is 1. The molecule has 116 valence electrons. The van der Waals surface area contributed by atoms with Gasteiger partial charge in [-0.25, -0.2) is 4.99 Å². The van der Waals surface area contributed by atoms with Crippen LogP contribution in [0.15, 0.2) is 4.99 Å². The zero-order valence-electron chi connectivity index (χ0n) is 11.2. The first-order valence-electron chi connectivity index (χ1n) is 6.33. The van der Waals surface area contributed by atoms with E-state index in [-0.39, 0.29) is 37.6 Å². The summed E-state index contributed by atoms with van der Waals surface area (Å²) in [7, 11) is 0. The van der Waals surface area contributed by atoms with Crippen molar-refractivity contribution in [3.8, 4) is 0 Å².